The molecule has 190 valence electrons. The van der Waals surface area contributed by atoms with E-state index in [1.807, 2.05) is 0 Å². The van der Waals surface area contributed by atoms with Gasteiger partial charge in [-0.1, -0.05) is 6.92 Å². The Morgan fingerprint density at radius 2 is 1.19 bits per heavy atom. The maximum Gasteiger partial charge on any atom is 0.332 e. The van der Waals surface area contributed by atoms with Crippen LogP contribution in [0.4, 0.5) is 0 Å². The molecule has 0 aliphatic rings. The van der Waals surface area contributed by atoms with Crippen LogP contribution < -0.4 is 22.5 Å². The summed E-state index contributed by atoms with van der Waals surface area (Å²) in [4.78, 5) is 67.3. The van der Waals surface area contributed by atoms with Crippen molar-refractivity contribution in [2.45, 2.75) is 38.9 Å². The monoisotopic (exact) mass is 498 g/mol. The Bertz CT molecular complexity index is 1820. The van der Waals surface area contributed by atoms with Gasteiger partial charge in [0.1, 0.15) is 11.7 Å². The third-order valence-electron chi connectivity index (χ3n) is 6.60. The molecule has 0 aliphatic heterocycles. The number of hydrogen-bond donors (Lipinski definition) is 2. The van der Waals surface area contributed by atoms with Crippen molar-refractivity contribution in [2.75, 3.05) is 0 Å². The van der Waals surface area contributed by atoms with E-state index < -0.39 is 34.2 Å². The van der Waals surface area contributed by atoms with Gasteiger partial charge in [-0.2, -0.15) is 0 Å². The largest absolute Gasteiger partial charge is 0.383 e. The maximum atomic E-state index is 12.8. The molecule has 2 N–H and O–H groups in total. The first kappa shape index (κ1) is 25.1. The van der Waals surface area contributed by atoms with E-state index in [1.54, 1.807) is 6.92 Å². The summed E-state index contributed by atoms with van der Waals surface area (Å²) in [6.07, 6.45) is -1.81. The zero-order valence-corrected chi connectivity index (χ0v) is 20.9. The number of aliphatic hydroxyl groups is 2. The summed E-state index contributed by atoms with van der Waals surface area (Å²) >= 11 is 0. The molecule has 0 spiro atoms. The van der Waals surface area contributed by atoms with E-state index in [0.29, 0.717) is 0 Å². The van der Waals surface area contributed by atoms with E-state index in [2.05, 4.69) is 19.9 Å². The lowest BCUT2D eigenvalue weighted by Crippen LogP contribution is -2.40. The van der Waals surface area contributed by atoms with Gasteiger partial charge in [0.25, 0.3) is 11.1 Å². The molecule has 0 bridgehead atoms. The molecule has 2 atom stereocenters. The van der Waals surface area contributed by atoms with Gasteiger partial charge in [-0.15, -0.1) is 0 Å². The Kier molecular flexibility index (Phi) is 5.76. The van der Waals surface area contributed by atoms with E-state index in [4.69, 9.17) is 0 Å². The van der Waals surface area contributed by atoms with Crippen LogP contribution in [0.3, 0.4) is 0 Å². The molecule has 4 heterocycles. The quantitative estimate of drug-likeness (QED) is 0.330. The van der Waals surface area contributed by atoms with E-state index in [-0.39, 0.29) is 51.5 Å². The normalized spacial score (nSPS) is 14.4. The number of nitrogens with zero attached hydrogens (tertiary/aromatic N) is 8. The van der Waals surface area contributed by atoms with Crippen molar-refractivity contribution in [3.8, 4) is 0 Å². The molecule has 14 heteroatoms. The average Bonchev–Trinajstić information content (AvgIpc) is 2.86. The highest BCUT2D eigenvalue weighted by atomic mass is 16.3. The summed E-state index contributed by atoms with van der Waals surface area (Å²) in [5.41, 5.74) is -4.78. The van der Waals surface area contributed by atoms with Gasteiger partial charge in [-0.05, 0) is 20.3 Å². The molecular formula is C22H26N8O6. The predicted molar refractivity (Wildman–Crippen MR) is 129 cm³/mol. The molecule has 4 rings (SSSR count). The summed E-state index contributed by atoms with van der Waals surface area (Å²) in [5.74, 6) is 0. The lowest BCUT2D eigenvalue weighted by molar-refractivity contribution is -0.0913. The van der Waals surface area contributed by atoms with Gasteiger partial charge in [-0.3, -0.25) is 27.9 Å². The van der Waals surface area contributed by atoms with E-state index in [0.717, 1.165) is 13.7 Å². The van der Waals surface area contributed by atoms with Gasteiger partial charge in [0, 0.05) is 28.2 Å². The van der Waals surface area contributed by atoms with Crippen LogP contribution in [0.25, 0.3) is 22.3 Å². The van der Waals surface area contributed by atoms with Gasteiger partial charge in [0.15, 0.2) is 22.3 Å². The van der Waals surface area contributed by atoms with Crippen LogP contribution in [-0.4, -0.2) is 48.4 Å². The molecule has 0 fully saturated rings. The number of hydrogen-bond acceptors (Lipinski definition) is 10. The van der Waals surface area contributed by atoms with Crippen molar-refractivity contribution in [3.63, 3.8) is 0 Å². The van der Waals surface area contributed by atoms with Gasteiger partial charge < -0.3 is 10.2 Å². The van der Waals surface area contributed by atoms with Crippen molar-refractivity contribution in [3.05, 3.63) is 64.5 Å². The minimum Gasteiger partial charge on any atom is -0.383 e. The molecule has 0 unspecified atom stereocenters. The Morgan fingerprint density at radius 3 is 1.67 bits per heavy atom. The molecule has 0 aliphatic carbocycles. The van der Waals surface area contributed by atoms with Crippen LogP contribution in [0.15, 0.2) is 19.2 Å². The summed E-state index contributed by atoms with van der Waals surface area (Å²) in [6.45, 7) is 4.65. The van der Waals surface area contributed by atoms with Crippen molar-refractivity contribution in [2.24, 2.45) is 28.2 Å². The highest BCUT2D eigenvalue weighted by Gasteiger charge is 2.42. The Hall–Kier alpha value is -4.04. The van der Waals surface area contributed by atoms with E-state index in [1.165, 1.54) is 46.6 Å². The molecule has 4 aromatic rings. The summed E-state index contributed by atoms with van der Waals surface area (Å²) in [5, 5.41) is 23.1. The lowest BCUT2D eigenvalue weighted by Gasteiger charge is -2.32. The fourth-order valence-corrected chi connectivity index (χ4v) is 4.29. The topological polar surface area (TPSA) is 180 Å². The minimum absolute atomic E-state index is 0.0303. The molecule has 0 amide bonds. The van der Waals surface area contributed by atoms with Crippen LogP contribution in [0.5, 0.6) is 0 Å². The van der Waals surface area contributed by atoms with Crippen molar-refractivity contribution in [1.29, 1.82) is 0 Å². The molecule has 14 nitrogen and oxygen atoms in total. The molecule has 0 radical (unpaired) electrons. The van der Waals surface area contributed by atoms with Crippen molar-refractivity contribution < 1.29 is 10.2 Å². The second kappa shape index (κ2) is 8.27. The number of aromatic nitrogens is 8. The van der Waals surface area contributed by atoms with E-state index in [9.17, 15) is 29.4 Å². The third-order valence-corrected chi connectivity index (χ3v) is 6.60. The first-order valence-electron chi connectivity index (χ1n) is 11.1. The summed E-state index contributed by atoms with van der Waals surface area (Å²) in [6, 6.07) is 0. The first-order chi connectivity index (χ1) is 16.8. The Morgan fingerprint density at radius 1 is 0.750 bits per heavy atom. The highest BCUT2D eigenvalue weighted by Crippen LogP contribution is 2.38. The molecule has 4 aromatic heterocycles. The van der Waals surface area contributed by atoms with Gasteiger partial charge in [0.2, 0.25) is 0 Å². The van der Waals surface area contributed by atoms with Crippen molar-refractivity contribution in [1.82, 2.24) is 38.2 Å². The van der Waals surface area contributed by atoms with Crippen LogP contribution >= 0.6 is 0 Å². The summed E-state index contributed by atoms with van der Waals surface area (Å²) in [7, 11) is 5.49. The minimum atomic E-state index is -2.09. The van der Waals surface area contributed by atoms with E-state index >= 15 is 0 Å². The highest BCUT2D eigenvalue weighted by molar-refractivity contribution is 5.70. The Labute approximate surface area is 202 Å². The molecule has 0 saturated heterocycles. The number of aryl methyl sites for hydroxylation is 4. The SMILES string of the molecule is CC[C@](O)(c1nc2c(=O)n(C)c(=O)n(C)c2nc1C)[C@H](O)c1nc2c(=O)n(C)c(=O)n(C)c2nc1C. The summed E-state index contributed by atoms with van der Waals surface area (Å²) < 4.78 is 4.07. The van der Waals surface area contributed by atoms with Crippen LogP contribution in [0, 0.1) is 13.8 Å². The molecule has 36 heavy (non-hydrogen) atoms. The molecule has 0 saturated carbocycles. The fourth-order valence-electron chi connectivity index (χ4n) is 4.29. The van der Waals surface area contributed by atoms with Gasteiger partial charge >= 0.3 is 11.4 Å². The van der Waals surface area contributed by atoms with Crippen LogP contribution in [0.2, 0.25) is 0 Å². The lowest BCUT2D eigenvalue weighted by atomic mass is 9.86. The van der Waals surface area contributed by atoms with Crippen molar-refractivity contribution >= 4 is 22.3 Å². The fraction of sp³-hybridized carbons (Fsp3) is 0.455. The zero-order valence-electron chi connectivity index (χ0n) is 20.9. The predicted octanol–water partition coefficient (Wildman–Crippen LogP) is -1.68. The number of fused-ring (bicyclic) bond motifs is 2. The Balaban J connectivity index is 2.01. The smallest absolute Gasteiger partial charge is 0.332 e. The first-order valence-corrected chi connectivity index (χ1v) is 11.1. The zero-order chi connectivity index (χ0) is 26.9. The standard InChI is InChI=1S/C22H26N8O6/c1-8-22(36,14-10(3)24-17-13(26-14)19(33)30(7)21(35)28(17)5)15(31)11-9(2)23-16-12(25-11)18(32)29(6)20(34)27(16)4/h15,31,36H,8H2,1-7H3/t15-,22+/m1/s1. The second-order valence-electron chi connectivity index (χ2n) is 8.79. The maximum absolute atomic E-state index is 12.8. The van der Waals surface area contributed by atoms with Gasteiger partial charge in [-0.25, -0.2) is 29.5 Å². The van der Waals surface area contributed by atoms with Crippen LogP contribution in [0.1, 0.15) is 42.2 Å². The third kappa shape index (κ3) is 3.32. The number of aliphatic hydroxyl groups excluding tert-OH is 1. The molecule has 0 aromatic carbocycles. The molecular weight excluding hydrogens is 472 g/mol. The second-order valence-corrected chi connectivity index (χ2v) is 8.79. The average molecular weight is 499 g/mol. The van der Waals surface area contributed by atoms with Gasteiger partial charge in [0.05, 0.1) is 22.8 Å². The van der Waals surface area contributed by atoms with Crippen LogP contribution in [-0.2, 0) is 33.8 Å². The number of rotatable bonds is 4.